The van der Waals surface area contributed by atoms with Crippen LogP contribution in [-0.2, 0) is 35.3 Å². The zero-order valence-corrected chi connectivity index (χ0v) is 22.4. The van der Waals surface area contributed by atoms with E-state index in [2.05, 4.69) is 49.5 Å². The van der Waals surface area contributed by atoms with Gasteiger partial charge in [-0.2, -0.15) is 0 Å². The molecule has 1 aliphatic carbocycles. The van der Waals surface area contributed by atoms with Crippen molar-refractivity contribution >= 4 is 29.0 Å². The fourth-order valence-corrected chi connectivity index (χ4v) is 10.6. The van der Waals surface area contributed by atoms with Crippen molar-refractivity contribution in [3.8, 4) is 0 Å². The summed E-state index contributed by atoms with van der Waals surface area (Å²) in [4.78, 5) is 0.403. The summed E-state index contributed by atoms with van der Waals surface area (Å²) in [6.07, 6.45) is 6.07. The van der Waals surface area contributed by atoms with Gasteiger partial charge in [0.05, 0.1) is 18.7 Å². The van der Waals surface area contributed by atoms with Crippen molar-refractivity contribution < 1.29 is 8.42 Å². The van der Waals surface area contributed by atoms with Crippen LogP contribution in [0.3, 0.4) is 0 Å². The van der Waals surface area contributed by atoms with Gasteiger partial charge in [-0.05, 0) is 80.3 Å². The predicted molar refractivity (Wildman–Crippen MR) is 144 cm³/mol. The number of fused-ring (bicyclic) bond motifs is 3. The Morgan fingerprint density at radius 3 is 2.29 bits per heavy atom. The maximum absolute atomic E-state index is 13.9. The number of anilines is 1. The molecule has 5 heteroatoms. The molecule has 0 radical (unpaired) electrons. The van der Waals surface area contributed by atoms with Crippen LogP contribution in [0.25, 0.3) is 0 Å². The zero-order valence-electron chi connectivity index (χ0n) is 20.6. The molecule has 1 heterocycles. The molecule has 0 fully saturated rings. The van der Waals surface area contributed by atoms with Gasteiger partial charge in [0.15, 0.2) is 0 Å². The number of hydrogen-bond acceptors (Lipinski definition) is 2. The van der Waals surface area contributed by atoms with E-state index in [1.165, 1.54) is 22.3 Å². The largest absolute Gasteiger partial charge is 0.266 e. The predicted octanol–water partition coefficient (Wildman–Crippen LogP) is 5.71. The monoisotopic (exact) mass is 489 g/mol. The van der Waals surface area contributed by atoms with Gasteiger partial charge in [-0.15, -0.1) is 0 Å². The Morgan fingerprint density at radius 1 is 0.853 bits per heavy atom. The molecule has 0 bridgehead atoms. The number of hydrogen-bond donors (Lipinski definition) is 0. The summed E-state index contributed by atoms with van der Waals surface area (Å²) in [6, 6.07) is 21.7. The van der Waals surface area contributed by atoms with Gasteiger partial charge in [-0.3, -0.25) is 4.31 Å². The van der Waals surface area contributed by atoms with E-state index in [1.807, 2.05) is 19.1 Å². The minimum absolute atomic E-state index is 0.403. The Labute approximate surface area is 205 Å². The van der Waals surface area contributed by atoms with Crippen LogP contribution in [0.2, 0.25) is 13.1 Å². The number of benzene rings is 3. The fraction of sp³-hybridized carbons (Fsp3) is 0.379. The van der Waals surface area contributed by atoms with Crippen LogP contribution in [0.1, 0.15) is 47.1 Å². The van der Waals surface area contributed by atoms with E-state index in [-0.39, 0.29) is 0 Å². The lowest BCUT2D eigenvalue weighted by Gasteiger charge is -2.32. The molecule has 0 atom stereocenters. The maximum Gasteiger partial charge on any atom is 0.264 e. The SMILES string of the molecule is Cc1ccc(S(=O)(=O)N2CCCCc3cc([Si](C)(C)Cc4ccccc4)c4c(c32)CCC4)cc1. The molecule has 0 saturated heterocycles. The number of rotatable bonds is 5. The smallest absolute Gasteiger partial charge is 0.264 e. The second-order valence-corrected chi connectivity index (χ2v) is 17.2. The second kappa shape index (κ2) is 9.01. The minimum Gasteiger partial charge on any atom is -0.266 e. The standard InChI is InChI=1S/C29H35NO2SSi/c1-22-15-17-25(18-16-22)33(31,32)30-19-8-7-12-24-20-28(26-13-9-14-27(26)29(24)30)34(2,3)21-23-10-5-4-6-11-23/h4-6,10-11,15-18,20H,7-9,12-14,19,21H2,1-3H3. The molecule has 0 unspecified atom stereocenters. The van der Waals surface area contributed by atoms with Gasteiger partial charge in [0.1, 0.15) is 0 Å². The van der Waals surface area contributed by atoms with Crippen molar-refractivity contribution in [3.63, 3.8) is 0 Å². The highest BCUT2D eigenvalue weighted by Gasteiger charge is 2.36. The molecule has 0 spiro atoms. The molecule has 5 rings (SSSR count). The van der Waals surface area contributed by atoms with Crippen LogP contribution >= 0.6 is 0 Å². The van der Waals surface area contributed by atoms with Gasteiger partial charge >= 0.3 is 0 Å². The van der Waals surface area contributed by atoms with Crippen molar-refractivity contribution in [2.45, 2.75) is 69.5 Å². The van der Waals surface area contributed by atoms with Crippen LogP contribution < -0.4 is 9.49 Å². The minimum atomic E-state index is -3.59. The molecule has 3 nitrogen and oxygen atoms in total. The molecule has 178 valence electrons. The van der Waals surface area contributed by atoms with E-state index in [0.29, 0.717) is 11.4 Å². The lowest BCUT2D eigenvalue weighted by Crippen LogP contribution is -2.47. The van der Waals surface area contributed by atoms with E-state index in [0.717, 1.165) is 55.8 Å². The second-order valence-electron chi connectivity index (χ2n) is 10.6. The molecular formula is C29H35NO2SSi. The van der Waals surface area contributed by atoms with Crippen molar-refractivity contribution in [2.75, 3.05) is 10.8 Å². The Hall–Kier alpha value is -2.37. The molecular weight excluding hydrogens is 454 g/mol. The Kier molecular flexibility index (Phi) is 6.19. The summed E-state index contributed by atoms with van der Waals surface area (Å²) >= 11 is 0. The first-order chi connectivity index (χ1) is 16.3. The van der Waals surface area contributed by atoms with E-state index in [4.69, 9.17) is 0 Å². The van der Waals surface area contributed by atoms with Crippen molar-refractivity contribution in [2.24, 2.45) is 0 Å². The van der Waals surface area contributed by atoms with Gasteiger partial charge in [0, 0.05) is 6.54 Å². The Bertz CT molecular complexity index is 1300. The Morgan fingerprint density at radius 2 is 1.56 bits per heavy atom. The molecule has 2 aliphatic rings. The van der Waals surface area contributed by atoms with E-state index in [9.17, 15) is 8.42 Å². The first kappa shape index (κ1) is 23.4. The molecule has 3 aromatic rings. The highest BCUT2D eigenvalue weighted by Crippen LogP contribution is 2.40. The fourth-order valence-electron chi connectivity index (χ4n) is 5.89. The van der Waals surface area contributed by atoms with Crippen molar-refractivity contribution in [1.82, 2.24) is 0 Å². The summed E-state index contributed by atoms with van der Waals surface area (Å²) in [5, 5.41) is 1.55. The van der Waals surface area contributed by atoms with E-state index in [1.54, 1.807) is 21.6 Å². The quantitative estimate of drug-likeness (QED) is 0.430. The van der Waals surface area contributed by atoms with Crippen LogP contribution in [0.15, 0.2) is 65.6 Å². The van der Waals surface area contributed by atoms with Crippen LogP contribution in [-0.4, -0.2) is 23.0 Å². The average molecular weight is 490 g/mol. The molecule has 0 N–H and O–H groups in total. The lowest BCUT2D eigenvalue weighted by atomic mass is 10.00. The van der Waals surface area contributed by atoms with Crippen molar-refractivity contribution in [3.05, 3.63) is 88.5 Å². The van der Waals surface area contributed by atoms with Crippen LogP contribution in [0, 0.1) is 6.92 Å². The highest BCUT2D eigenvalue weighted by molar-refractivity contribution is 7.92. The Balaban J connectivity index is 1.63. The summed E-state index contributed by atoms with van der Waals surface area (Å²) < 4.78 is 29.5. The summed E-state index contributed by atoms with van der Waals surface area (Å²) in [6.45, 7) is 7.53. The summed E-state index contributed by atoms with van der Waals surface area (Å²) in [5.74, 6) is 0. The first-order valence-corrected chi connectivity index (χ1v) is 17.2. The third kappa shape index (κ3) is 4.25. The molecule has 3 aromatic carbocycles. The zero-order chi connectivity index (χ0) is 23.9. The lowest BCUT2D eigenvalue weighted by molar-refractivity contribution is 0.589. The molecule has 0 amide bonds. The highest BCUT2D eigenvalue weighted by atomic mass is 32.2. The molecule has 0 aromatic heterocycles. The normalized spacial score (nSPS) is 16.1. The van der Waals surface area contributed by atoms with E-state index >= 15 is 0 Å². The maximum atomic E-state index is 13.9. The average Bonchev–Trinajstić information content (AvgIpc) is 3.18. The third-order valence-electron chi connectivity index (χ3n) is 7.59. The number of sulfonamides is 1. The summed E-state index contributed by atoms with van der Waals surface area (Å²) in [7, 11) is -5.35. The topological polar surface area (TPSA) is 37.4 Å². The molecule has 34 heavy (non-hydrogen) atoms. The van der Waals surface area contributed by atoms with Gasteiger partial charge in [-0.25, -0.2) is 8.42 Å². The first-order valence-electron chi connectivity index (χ1n) is 12.6. The number of aryl methyl sites for hydroxylation is 2. The van der Waals surface area contributed by atoms with Crippen LogP contribution in [0.4, 0.5) is 5.69 Å². The van der Waals surface area contributed by atoms with Crippen LogP contribution in [0.5, 0.6) is 0 Å². The van der Waals surface area contributed by atoms with Gasteiger partial charge < -0.3 is 0 Å². The third-order valence-corrected chi connectivity index (χ3v) is 12.6. The van der Waals surface area contributed by atoms with Gasteiger partial charge in [-0.1, -0.05) is 77.9 Å². The molecule has 1 aliphatic heterocycles. The number of nitrogens with zero attached hydrogens (tertiary/aromatic N) is 1. The molecule has 0 saturated carbocycles. The summed E-state index contributed by atoms with van der Waals surface area (Å²) in [5.41, 5.74) is 7.52. The van der Waals surface area contributed by atoms with Crippen molar-refractivity contribution in [1.29, 1.82) is 0 Å². The van der Waals surface area contributed by atoms with Gasteiger partial charge in [0.2, 0.25) is 0 Å². The van der Waals surface area contributed by atoms with E-state index < -0.39 is 18.1 Å². The van der Waals surface area contributed by atoms with Gasteiger partial charge in [0.25, 0.3) is 10.0 Å².